The van der Waals surface area contributed by atoms with E-state index in [0.717, 1.165) is 0 Å². The maximum atomic E-state index is 9.76. The molecule has 2 aromatic rings. The maximum absolute atomic E-state index is 9.76. The van der Waals surface area contributed by atoms with Gasteiger partial charge in [-0.15, -0.1) is 10.2 Å². The first-order valence-electron chi connectivity index (χ1n) is 5.60. The molecule has 18 heavy (non-hydrogen) atoms. The molecule has 7 nitrogen and oxygen atoms in total. The van der Waals surface area contributed by atoms with Gasteiger partial charge < -0.3 is 15.5 Å². The summed E-state index contributed by atoms with van der Waals surface area (Å²) in [6, 6.07) is 4.25. The molecule has 0 amide bonds. The van der Waals surface area contributed by atoms with Crippen LogP contribution in [0.25, 0.3) is 0 Å². The Labute approximate surface area is 104 Å². The monoisotopic (exact) mass is 249 g/mol. The van der Waals surface area contributed by atoms with Gasteiger partial charge in [-0.05, 0) is 26.0 Å². The Balaban J connectivity index is 2.15. The van der Waals surface area contributed by atoms with Crippen LogP contribution < -0.4 is 5.32 Å². The molecule has 0 saturated carbocycles. The summed E-state index contributed by atoms with van der Waals surface area (Å²) in [4.78, 5) is 0. The Hall–Kier alpha value is -2.15. The molecular weight excluding hydrogens is 234 g/mol. The van der Waals surface area contributed by atoms with Gasteiger partial charge in [0.15, 0.2) is 5.82 Å². The fourth-order valence-electron chi connectivity index (χ4n) is 1.87. The van der Waals surface area contributed by atoms with Gasteiger partial charge in [-0.1, -0.05) is 11.3 Å². The fourth-order valence-corrected chi connectivity index (χ4v) is 1.87. The minimum Gasteiger partial charge on any atom is -0.507 e. The van der Waals surface area contributed by atoms with Crippen LogP contribution in [0.2, 0.25) is 0 Å². The van der Waals surface area contributed by atoms with E-state index < -0.39 is 0 Å². The van der Waals surface area contributed by atoms with E-state index in [9.17, 15) is 10.2 Å². The predicted molar refractivity (Wildman–Crippen MR) is 63.9 cm³/mol. The third-order valence-electron chi connectivity index (χ3n) is 2.74. The minimum atomic E-state index is -0.250. The zero-order chi connectivity index (χ0) is 13.1. The number of tetrazole rings is 1. The first kappa shape index (κ1) is 12.3. The van der Waals surface area contributed by atoms with Gasteiger partial charge in [-0.3, -0.25) is 0 Å². The number of aromatic hydroxyl groups is 2. The van der Waals surface area contributed by atoms with Crippen LogP contribution in [-0.4, -0.2) is 30.8 Å². The molecule has 0 saturated heterocycles. The molecule has 0 aliphatic rings. The standard InChI is InChI=1S/C11H15N5O2/c1-6(10-8(17)4-3-5-9(10)18)12-7(2)11-13-15-16-14-11/h3-7,12,17-18H,1-2H3,(H,13,14,15,16). The van der Waals surface area contributed by atoms with E-state index in [4.69, 9.17) is 0 Å². The van der Waals surface area contributed by atoms with Gasteiger partial charge in [-0.25, -0.2) is 0 Å². The van der Waals surface area contributed by atoms with Crippen molar-refractivity contribution in [1.82, 2.24) is 25.9 Å². The minimum absolute atomic E-state index is 0.0512. The van der Waals surface area contributed by atoms with Crippen molar-refractivity contribution < 1.29 is 10.2 Å². The summed E-state index contributed by atoms with van der Waals surface area (Å²) < 4.78 is 0. The lowest BCUT2D eigenvalue weighted by molar-refractivity contribution is 0.403. The van der Waals surface area contributed by atoms with Crippen molar-refractivity contribution in [3.8, 4) is 11.5 Å². The predicted octanol–water partition coefficient (Wildman–Crippen LogP) is 1.02. The smallest absolute Gasteiger partial charge is 0.191 e. The number of aromatic nitrogens is 4. The Kier molecular flexibility index (Phi) is 3.42. The van der Waals surface area contributed by atoms with Crippen LogP contribution in [0.5, 0.6) is 11.5 Å². The molecule has 1 aromatic carbocycles. The summed E-state index contributed by atoms with van der Waals surface area (Å²) in [5, 5.41) is 36.3. The molecule has 1 heterocycles. The fraction of sp³-hybridized carbons (Fsp3) is 0.364. The van der Waals surface area contributed by atoms with Crippen molar-refractivity contribution in [3.05, 3.63) is 29.6 Å². The van der Waals surface area contributed by atoms with Crippen LogP contribution in [0.4, 0.5) is 0 Å². The number of rotatable bonds is 4. The molecule has 0 aliphatic carbocycles. The Bertz CT molecular complexity index is 494. The Morgan fingerprint density at radius 1 is 1.17 bits per heavy atom. The van der Waals surface area contributed by atoms with Crippen molar-refractivity contribution in [2.24, 2.45) is 0 Å². The number of phenolic OH excluding ortho intramolecular Hbond substituents is 2. The molecular formula is C11H15N5O2. The van der Waals surface area contributed by atoms with Gasteiger partial charge in [0.2, 0.25) is 0 Å². The number of hydrogen-bond acceptors (Lipinski definition) is 6. The second kappa shape index (κ2) is 5.01. The number of nitrogens with zero attached hydrogens (tertiary/aromatic N) is 3. The molecule has 0 fully saturated rings. The van der Waals surface area contributed by atoms with Gasteiger partial charge >= 0.3 is 0 Å². The summed E-state index contributed by atoms with van der Waals surface area (Å²) >= 11 is 0. The summed E-state index contributed by atoms with van der Waals surface area (Å²) in [6.07, 6.45) is 0. The molecule has 4 N–H and O–H groups in total. The van der Waals surface area contributed by atoms with Crippen molar-refractivity contribution >= 4 is 0 Å². The first-order valence-corrected chi connectivity index (χ1v) is 5.60. The molecule has 96 valence electrons. The maximum Gasteiger partial charge on any atom is 0.191 e. The highest BCUT2D eigenvalue weighted by molar-refractivity contribution is 5.44. The van der Waals surface area contributed by atoms with Gasteiger partial charge in [0.05, 0.1) is 11.6 Å². The van der Waals surface area contributed by atoms with Crippen LogP contribution in [0.3, 0.4) is 0 Å². The highest BCUT2D eigenvalue weighted by Crippen LogP contribution is 2.33. The summed E-state index contributed by atoms with van der Waals surface area (Å²) in [7, 11) is 0. The molecule has 0 radical (unpaired) electrons. The highest BCUT2D eigenvalue weighted by atomic mass is 16.3. The van der Waals surface area contributed by atoms with Crippen LogP contribution >= 0.6 is 0 Å². The number of benzene rings is 1. The molecule has 7 heteroatoms. The van der Waals surface area contributed by atoms with Crippen LogP contribution in [-0.2, 0) is 0 Å². The number of H-pyrrole nitrogens is 1. The third kappa shape index (κ3) is 2.40. The van der Waals surface area contributed by atoms with E-state index in [0.29, 0.717) is 11.4 Å². The molecule has 1 aromatic heterocycles. The van der Waals surface area contributed by atoms with Crippen LogP contribution in [0.15, 0.2) is 18.2 Å². The molecule has 0 bridgehead atoms. The quantitative estimate of drug-likeness (QED) is 0.644. The van der Waals surface area contributed by atoms with E-state index in [2.05, 4.69) is 25.9 Å². The van der Waals surface area contributed by atoms with E-state index in [-0.39, 0.29) is 23.6 Å². The van der Waals surface area contributed by atoms with Crippen LogP contribution in [0.1, 0.15) is 37.3 Å². The highest BCUT2D eigenvalue weighted by Gasteiger charge is 2.19. The van der Waals surface area contributed by atoms with Gasteiger partial charge in [-0.2, -0.15) is 5.21 Å². The zero-order valence-electron chi connectivity index (χ0n) is 10.1. The summed E-state index contributed by atoms with van der Waals surface area (Å²) in [6.45, 7) is 3.71. The van der Waals surface area contributed by atoms with Gasteiger partial charge in [0.1, 0.15) is 11.5 Å². The average Bonchev–Trinajstić information content (AvgIpc) is 2.81. The molecule has 2 rings (SSSR count). The lowest BCUT2D eigenvalue weighted by Gasteiger charge is -2.19. The van der Waals surface area contributed by atoms with E-state index in [1.54, 1.807) is 6.07 Å². The van der Waals surface area contributed by atoms with Crippen molar-refractivity contribution in [2.45, 2.75) is 25.9 Å². The lowest BCUT2D eigenvalue weighted by Crippen LogP contribution is -2.23. The van der Waals surface area contributed by atoms with Gasteiger partial charge in [0.25, 0.3) is 0 Å². The van der Waals surface area contributed by atoms with E-state index in [1.165, 1.54) is 12.1 Å². The molecule has 2 atom stereocenters. The van der Waals surface area contributed by atoms with Crippen LogP contribution in [0, 0.1) is 0 Å². The number of phenols is 2. The Morgan fingerprint density at radius 2 is 1.83 bits per heavy atom. The Morgan fingerprint density at radius 3 is 2.39 bits per heavy atom. The largest absolute Gasteiger partial charge is 0.507 e. The van der Waals surface area contributed by atoms with Crippen molar-refractivity contribution in [2.75, 3.05) is 0 Å². The summed E-state index contributed by atoms with van der Waals surface area (Å²) in [5.41, 5.74) is 0.452. The number of nitrogens with one attached hydrogen (secondary N) is 2. The van der Waals surface area contributed by atoms with E-state index in [1.807, 2.05) is 13.8 Å². The van der Waals surface area contributed by atoms with E-state index >= 15 is 0 Å². The second-order valence-corrected chi connectivity index (χ2v) is 4.09. The lowest BCUT2D eigenvalue weighted by atomic mass is 10.0. The third-order valence-corrected chi connectivity index (χ3v) is 2.74. The number of hydrogen-bond donors (Lipinski definition) is 4. The van der Waals surface area contributed by atoms with Crippen molar-refractivity contribution in [3.63, 3.8) is 0 Å². The SMILES string of the molecule is CC(NC(C)c1c(O)cccc1O)c1nn[nH]n1. The number of aromatic amines is 1. The molecule has 0 spiro atoms. The zero-order valence-corrected chi connectivity index (χ0v) is 10.1. The molecule has 2 unspecified atom stereocenters. The second-order valence-electron chi connectivity index (χ2n) is 4.09. The molecule has 0 aliphatic heterocycles. The normalized spacial score (nSPS) is 14.3. The average molecular weight is 249 g/mol. The summed E-state index contributed by atoms with van der Waals surface area (Å²) in [5.74, 6) is 0.627. The van der Waals surface area contributed by atoms with Crippen molar-refractivity contribution in [1.29, 1.82) is 0 Å². The first-order chi connectivity index (χ1) is 8.59. The van der Waals surface area contributed by atoms with Gasteiger partial charge in [0, 0.05) is 6.04 Å². The topological polar surface area (TPSA) is 107 Å².